The number of nitrogens with one attached hydrogen (secondary N) is 2. The molecular weight excluding hydrogens is 234 g/mol. The fraction of sp³-hybridized carbons (Fsp3) is 0.417. The molecule has 0 unspecified atom stereocenters. The Labute approximate surface area is 105 Å². The van der Waals surface area contributed by atoms with Crippen molar-refractivity contribution >= 4 is 29.0 Å². The number of fused-ring (bicyclic) bond motifs is 1. The third-order valence-corrected chi connectivity index (χ3v) is 4.30. The summed E-state index contributed by atoms with van der Waals surface area (Å²) in [5.41, 5.74) is 2.11. The maximum absolute atomic E-state index is 12.0. The first-order valence-electron chi connectivity index (χ1n) is 5.77. The minimum absolute atomic E-state index is 0.224. The molecule has 0 aromatic heterocycles. The van der Waals surface area contributed by atoms with Crippen LogP contribution in [0.4, 0.5) is 11.4 Å². The van der Waals surface area contributed by atoms with E-state index in [-0.39, 0.29) is 5.91 Å². The summed E-state index contributed by atoms with van der Waals surface area (Å²) in [7, 11) is 1.90. The Bertz CT molecular complexity index is 459. The number of carbonyl (C=O) groups is 1. The number of benzene rings is 1. The zero-order chi connectivity index (χ0) is 11.8. The number of thioether (sulfide) groups is 1. The summed E-state index contributed by atoms with van der Waals surface area (Å²) in [6, 6.07) is 6.54. The van der Waals surface area contributed by atoms with Gasteiger partial charge in [-0.05, 0) is 18.2 Å². The van der Waals surface area contributed by atoms with Crippen molar-refractivity contribution in [2.75, 3.05) is 36.1 Å². The minimum atomic E-state index is 0.224. The van der Waals surface area contributed by atoms with E-state index in [4.69, 9.17) is 0 Å². The molecule has 1 amide bonds. The van der Waals surface area contributed by atoms with Gasteiger partial charge in [0.2, 0.25) is 5.91 Å². The van der Waals surface area contributed by atoms with Crippen molar-refractivity contribution in [3.63, 3.8) is 0 Å². The molecule has 0 saturated carbocycles. The lowest BCUT2D eigenvalue weighted by Crippen LogP contribution is -2.60. The second-order valence-electron chi connectivity index (χ2n) is 4.30. The van der Waals surface area contributed by atoms with Gasteiger partial charge in [0.1, 0.15) is 0 Å². The van der Waals surface area contributed by atoms with E-state index in [0.29, 0.717) is 11.8 Å². The SMILES string of the molecule is CNc1ccc2c(c1)N(C1CNC1)C(=O)CS2. The number of carbonyl (C=O) groups excluding carboxylic acids is 1. The van der Waals surface area contributed by atoms with E-state index in [1.165, 1.54) is 4.90 Å². The van der Waals surface area contributed by atoms with E-state index in [1.54, 1.807) is 11.8 Å². The van der Waals surface area contributed by atoms with Gasteiger partial charge in [-0.2, -0.15) is 0 Å². The first-order chi connectivity index (χ1) is 8.29. The molecule has 2 aliphatic rings. The van der Waals surface area contributed by atoms with E-state index in [2.05, 4.69) is 28.8 Å². The number of anilines is 2. The van der Waals surface area contributed by atoms with Crippen LogP contribution in [0.2, 0.25) is 0 Å². The molecule has 5 heteroatoms. The van der Waals surface area contributed by atoms with Gasteiger partial charge in [-0.1, -0.05) is 0 Å². The van der Waals surface area contributed by atoms with Gasteiger partial charge < -0.3 is 15.5 Å². The summed E-state index contributed by atoms with van der Waals surface area (Å²) in [5.74, 6) is 0.782. The molecule has 2 aliphatic heterocycles. The largest absolute Gasteiger partial charge is 0.388 e. The lowest BCUT2D eigenvalue weighted by atomic mass is 10.1. The summed E-state index contributed by atoms with van der Waals surface area (Å²) in [4.78, 5) is 15.2. The molecule has 1 fully saturated rings. The van der Waals surface area contributed by atoms with Gasteiger partial charge in [0, 0.05) is 30.7 Å². The number of rotatable bonds is 2. The van der Waals surface area contributed by atoms with Crippen LogP contribution in [0.25, 0.3) is 0 Å². The van der Waals surface area contributed by atoms with Crippen LogP contribution in [-0.4, -0.2) is 37.8 Å². The van der Waals surface area contributed by atoms with Crippen molar-refractivity contribution in [1.29, 1.82) is 0 Å². The van der Waals surface area contributed by atoms with Gasteiger partial charge in [-0.3, -0.25) is 4.79 Å². The molecule has 90 valence electrons. The van der Waals surface area contributed by atoms with Crippen LogP contribution in [0.5, 0.6) is 0 Å². The zero-order valence-corrected chi connectivity index (χ0v) is 10.5. The van der Waals surface area contributed by atoms with Gasteiger partial charge in [0.05, 0.1) is 17.5 Å². The molecule has 2 heterocycles. The molecule has 0 radical (unpaired) electrons. The molecular formula is C12H15N3OS. The maximum Gasteiger partial charge on any atom is 0.237 e. The fourth-order valence-corrected chi connectivity index (χ4v) is 3.07. The maximum atomic E-state index is 12.0. The van der Waals surface area contributed by atoms with Crippen molar-refractivity contribution in [2.24, 2.45) is 0 Å². The average molecular weight is 249 g/mol. The predicted molar refractivity (Wildman–Crippen MR) is 70.9 cm³/mol. The monoisotopic (exact) mass is 249 g/mol. The number of hydrogen-bond donors (Lipinski definition) is 2. The molecule has 4 nitrogen and oxygen atoms in total. The van der Waals surface area contributed by atoms with Crippen molar-refractivity contribution in [3.05, 3.63) is 18.2 Å². The second-order valence-corrected chi connectivity index (χ2v) is 5.31. The second kappa shape index (κ2) is 4.23. The molecule has 1 aromatic carbocycles. The topological polar surface area (TPSA) is 44.4 Å². The van der Waals surface area contributed by atoms with E-state index >= 15 is 0 Å². The Hall–Kier alpha value is -1.20. The molecule has 0 spiro atoms. The van der Waals surface area contributed by atoms with Crippen LogP contribution in [0.3, 0.4) is 0 Å². The molecule has 2 N–H and O–H groups in total. The Kier molecular flexibility index (Phi) is 2.72. The van der Waals surface area contributed by atoms with E-state index in [0.717, 1.165) is 24.5 Å². The summed E-state index contributed by atoms with van der Waals surface area (Å²) < 4.78 is 0. The number of hydrogen-bond acceptors (Lipinski definition) is 4. The van der Waals surface area contributed by atoms with E-state index in [1.807, 2.05) is 11.9 Å². The van der Waals surface area contributed by atoms with Crippen LogP contribution in [0.15, 0.2) is 23.1 Å². The van der Waals surface area contributed by atoms with Gasteiger partial charge in [-0.25, -0.2) is 0 Å². The van der Waals surface area contributed by atoms with Crippen LogP contribution < -0.4 is 15.5 Å². The molecule has 17 heavy (non-hydrogen) atoms. The minimum Gasteiger partial charge on any atom is -0.388 e. The van der Waals surface area contributed by atoms with E-state index < -0.39 is 0 Å². The van der Waals surface area contributed by atoms with Crippen molar-refractivity contribution in [1.82, 2.24) is 5.32 Å². The summed E-state index contributed by atoms with van der Waals surface area (Å²) >= 11 is 1.63. The Balaban J connectivity index is 2.01. The van der Waals surface area contributed by atoms with Crippen molar-refractivity contribution in [3.8, 4) is 0 Å². The van der Waals surface area contributed by atoms with Crippen LogP contribution in [0, 0.1) is 0 Å². The standard InChI is InChI=1S/C12H15N3OS/c1-13-8-2-3-11-10(4-8)15(9-5-14-6-9)12(16)7-17-11/h2-4,9,13-14H,5-7H2,1H3. The summed E-state index contributed by atoms with van der Waals surface area (Å²) in [6.07, 6.45) is 0. The zero-order valence-electron chi connectivity index (χ0n) is 9.69. The lowest BCUT2D eigenvalue weighted by Gasteiger charge is -2.41. The highest BCUT2D eigenvalue weighted by Crippen LogP contribution is 2.38. The fourth-order valence-electron chi connectivity index (χ4n) is 2.18. The first-order valence-corrected chi connectivity index (χ1v) is 6.75. The Morgan fingerprint density at radius 3 is 2.94 bits per heavy atom. The predicted octanol–water partition coefficient (Wildman–Crippen LogP) is 1.14. The Morgan fingerprint density at radius 2 is 2.29 bits per heavy atom. The normalized spacial score (nSPS) is 19.8. The quantitative estimate of drug-likeness (QED) is 0.825. The molecule has 0 bridgehead atoms. The van der Waals surface area contributed by atoms with Crippen LogP contribution in [-0.2, 0) is 4.79 Å². The summed E-state index contributed by atoms with van der Waals surface area (Å²) in [5, 5.41) is 6.35. The molecule has 3 rings (SSSR count). The van der Waals surface area contributed by atoms with Crippen molar-refractivity contribution in [2.45, 2.75) is 10.9 Å². The lowest BCUT2D eigenvalue weighted by molar-refractivity contribution is -0.117. The molecule has 1 aromatic rings. The van der Waals surface area contributed by atoms with Gasteiger partial charge in [0.25, 0.3) is 0 Å². The number of amides is 1. The van der Waals surface area contributed by atoms with Gasteiger partial charge in [0.15, 0.2) is 0 Å². The smallest absolute Gasteiger partial charge is 0.237 e. The van der Waals surface area contributed by atoms with Gasteiger partial charge in [-0.15, -0.1) is 11.8 Å². The molecule has 0 atom stereocenters. The Morgan fingerprint density at radius 1 is 1.47 bits per heavy atom. The third kappa shape index (κ3) is 1.79. The van der Waals surface area contributed by atoms with Gasteiger partial charge >= 0.3 is 0 Å². The highest BCUT2D eigenvalue weighted by atomic mass is 32.2. The highest BCUT2D eigenvalue weighted by molar-refractivity contribution is 8.00. The van der Waals surface area contributed by atoms with E-state index in [9.17, 15) is 4.79 Å². The summed E-state index contributed by atoms with van der Waals surface area (Å²) in [6.45, 7) is 1.80. The first kappa shape index (κ1) is 10.9. The van der Waals surface area contributed by atoms with Crippen molar-refractivity contribution < 1.29 is 4.79 Å². The number of nitrogens with zero attached hydrogens (tertiary/aromatic N) is 1. The van der Waals surface area contributed by atoms with Crippen LogP contribution >= 0.6 is 11.8 Å². The average Bonchev–Trinajstić information content (AvgIpc) is 2.30. The molecule has 0 aliphatic carbocycles. The third-order valence-electron chi connectivity index (χ3n) is 3.25. The highest BCUT2D eigenvalue weighted by Gasteiger charge is 2.34. The van der Waals surface area contributed by atoms with Crippen LogP contribution in [0.1, 0.15) is 0 Å². The molecule has 1 saturated heterocycles.